The summed E-state index contributed by atoms with van der Waals surface area (Å²) in [5.41, 5.74) is -0.0663. The van der Waals surface area contributed by atoms with Crippen LogP contribution in [0.25, 0.3) is 10.8 Å². The van der Waals surface area contributed by atoms with Gasteiger partial charge in [-0.2, -0.15) is 0 Å². The molecule has 0 saturated heterocycles. The van der Waals surface area contributed by atoms with Gasteiger partial charge in [0.1, 0.15) is 6.26 Å². The zero-order valence-corrected chi connectivity index (χ0v) is 7.25. The van der Waals surface area contributed by atoms with E-state index in [9.17, 15) is 4.79 Å². The van der Waals surface area contributed by atoms with Crippen LogP contribution in [0.15, 0.2) is 28.2 Å². The summed E-state index contributed by atoms with van der Waals surface area (Å²) < 4.78 is 4.99. The van der Waals surface area contributed by atoms with E-state index in [2.05, 4.69) is 4.98 Å². The summed E-state index contributed by atoms with van der Waals surface area (Å²) in [5.74, 6) is -0.723. The van der Waals surface area contributed by atoms with E-state index in [1.165, 1.54) is 11.3 Å². The summed E-state index contributed by atoms with van der Waals surface area (Å²) in [7, 11) is 0. The van der Waals surface area contributed by atoms with Crippen molar-refractivity contribution < 1.29 is 14.3 Å². The van der Waals surface area contributed by atoms with Crippen LogP contribution in [0.1, 0.15) is 10.5 Å². The van der Waals surface area contributed by atoms with Gasteiger partial charge in [-0.15, -0.1) is 11.3 Å². The molecule has 0 saturated carbocycles. The number of carbonyl (C=O) groups is 1. The minimum atomic E-state index is -1.08. The fourth-order valence-electron chi connectivity index (χ4n) is 0.885. The second-order valence-electron chi connectivity index (χ2n) is 2.32. The predicted octanol–water partition coefficient (Wildman–Crippen LogP) is 2.10. The van der Waals surface area contributed by atoms with Crippen LogP contribution in [0, 0.1) is 0 Å². The Kier molecular flexibility index (Phi) is 1.86. The van der Waals surface area contributed by atoms with Crippen LogP contribution in [0.3, 0.4) is 0 Å². The molecule has 1 N–H and O–H groups in total. The summed E-state index contributed by atoms with van der Waals surface area (Å²) in [4.78, 5) is 15.1. The maximum Gasteiger partial charge on any atom is 0.357 e. The highest BCUT2D eigenvalue weighted by atomic mass is 32.1. The third kappa shape index (κ3) is 1.46. The first-order chi connectivity index (χ1) is 6.27. The van der Waals surface area contributed by atoms with Gasteiger partial charge in [0.25, 0.3) is 0 Å². The van der Waals surface area contributed by atoms with E-state index in [4.69, 9.17) is 9.52 Å². The van der Waals surface area contributed by atoms with Crippen molar-refractivity contribution in [2.24, 2.45) is 0 Å². The molecule has 0 radical (unpaired) electrons. The lowest BCUT2D eigenvalue weighted by Gasteiger charge is -1.84. The summed E-state index contributed by atoms with van der Waals surface area (Å²) in [5, 5.41) is 10.5. The Morgan fingerprint density at radius 2 is 2.46 bits per heavy atom. The highest BCUT2D eigenvalue weighted by molar-refractivity contribution is 7.13. The first-order valence-electron chi connectivity index (χ1n) is 3.50. The second kappa shape index (κ2) is 3.02. The number of rotatable bonds is 2. The molecular weight excluding hydrogens is 190 g/mol. The highest BCUT2D eigenvalue weighted by Gasteiger charge is 2.11. The SMILES string of the molecule is O=C(O)c1coc(-c2cccs2)n1. The molecule has 4 nitrogen and oxygen atoms in total. The molecule has 2 aromatic heterocycles. The fraction of sp³-hybridized carbons (Fsp3) is 0. The molecule has 66 valence electrons. The van der Waals surface area contributed by atoms with Gasteiger partial charge in [-0.3, -0.25) is 0 Å². The molecule has 2 aromatic rings. The smallest absolute Gasteiger partial charge is 0.357 e. The highest BCUT2D eigenvalue weighted by Crippen LogP contribution is 2.23. The lowest BCUT2D eigenvalue weighted by atomic mass is 10.4. The van der Waals surface area contributed by atoms with E-state index in [-0.39, 0.29) is 5.69 Å². The van der Waals surface area contributed by atoms with Gasteiger partial charge in [-0.1, -0.05) is 6.07 Å². The molecule has 0 amide bonds. The van der Waals surface area contributed by atoms with Crippen molar-refractivity contribution in [2.45, 2.75) is 0 Å². The Bertz CT molecular complexity index is 418. The standard InChI is InChI=1S/C8H5NO3S/c10-8(11)5-4-12-7(9-5)6-2-1-3-13-6/h1-4H,(H,10,11). The van der Waals surface area contributed by atoms with Gasteiger partial charge in [0.2, 0.25) is 5.89 Å². The molecule has 2 heterocycles. The third-order valence-electron chi connectivity index (χ3n) is 1.46. The molecule has 0 spiro atoms. The number of aromatic nitrogens is 1. The minimum absolute atomic E-state index is 0.0663. The Balaban J connectivity index is 2.39. The van der Waals surface area contributed by atoms with Crippen LogP contribution < -0.4 is 0 Å². The predicted molar refractivity (Wildman–Crippen MR) is 46.8 cm³/mol. The number of carboxylic acid groups (broad SMARTS) is 1. The van der Waals surface area contributed by atoms with Crippen molar-refractivity contribution in [1.82, 2.24) is 4.98 Å². The van der Waals surface area contributed by atoms with Crippen molar-refractivity contribution in [3.63, 3.8) is 0 Å². The number of hydrogen-bond acceptors (Lipinski definition) is 4. The zero-order valence-electron chi connectivity index (χ0n) is 6.43. The zero-order chi connectivity index (χ0) is 9.26. The van der Waals surface area contributed by atoms with Gasteiger partial charge in [-0.25, -0.2) is 9.78 Å². The molecule has 0 atom stereocenters. The van der Waals surface area contributed by atoms with E-state index in [0.29, 0.717) is 5.89 Å². The van der Waals surface area contributed by atoms with Gasteiger partial charge in [-0.05, 0) is 11.4 Å². The lowest BCUT2D eigenvalue weighted by molar-refractivity contribution is 0.0690. The van der Waals surface area contributed by atoms with Crippen molar-refractivity contribution >= 4 is 17.3 Å². The molecule has 0 aliphatic carbocycles. The quantitative estimate of drug-likeness (QED) is 0.797. The van der Waals surface area contributed by atoms with Gasteiger partial charge in [0, 0.05) is 0 Å². The topological polar surface area (TPSA) is 63.3 Å². The molecule has 5 heteroatoms. The molecule has 0 bridgehead atoms. The van der Waals surface area contributed by atoms with Crippen LogP contribution in [-0.2, 0) is 0 Å². The normalized spacial score (nSPS) is 10.2. The van der Waals surface area contributed by atoms with Crippen molar-refractivity contribution in [3.8, 4) is 10.8 Å². The van der Waals surface area contributed by atoms with Gasteiger partial charge in [0.05, 0.1) is 4.88 Å². The summed E-state index contributed by atoms with van der Waals surface area (Å²) in [6, 6.07) is 3.67. The van der Waals surface area contributed by atoms with E-state index in [1.807, 2.05) is 17.5 Å². The maximum absolute atomic E-state index is 10.5. The van der Waals surface area contributed by atoms with E-state index in [1.54, 1.807) is 0 Å². The maximum atomic E-state index is 10.5. The van der Waals surface area contributed by atoms with Crippen molar-refractivity contribution in [2.75, 3.05) is 0 Å². The molecule has 0 aromatic carbocycles. The van der Waals surface area contributed by atoms with Crippen LogP contribution in [0.4, 0.5) is 0 Å². The summed E-state index contributed by atoms with van der Waals surface area (Å²) in [6.45, 7) is 0. The molecule has 2 rings (SSSR count). The number of aromatic carboxylic acids is 1. The summed E-state index contributed by atoms with van der Waals surface area (Å²) in [6.07, 6.45) is 1.14. The van der Waals surface area contributed by atoms with Gasteiger partial charge >= 0.3 is 5.97 Å². The molecule has 0 fully saturated rings. The molecular formula is C8H5NO3S. The third-order valence-corrected chi connectivity index (χ3v) is 2.31. The number of hydrogen-bond donors (Lipinski definition) is 1. The Morgan fingerprint density at radius 1 is 1.62 bits per heavy atom. The number of carboxylic acids is 1. The molecule has 13 heavy (non-hydrogen) atoms. The molecule has 0 aliphatic rings. The number of thiophene rings is 1. The van der Waals surface area contributed by atoms with Crippen molar-refractivity contribution in [3.05, 3.63) is 29.5 Å². The summed E-state index contributed by atoms with van der Waals surface area (Å²) >= 11 is 1.45. The fourth-order valence-corrected chi connectivity index (χ4v) is 1.54. The van der Waals surface area contributed by atoms with E-state index < -0.39 is 5.97 Å². The Hall–Kier alpha value is -1.62. The van der Waals surface area contributed by atoms with Crippen molar-refractivity contribution in [1.29, 1.82) is 0 Å². The minimum Gasteiger partial charge on any atom is -0.476 e. The lowest BCUT2D eigenvalue weighted by Crippen LogP contribution is -1.95. The number of oxazole rings is 1. The van der Waals surface area contributed by atoms with Gasteiger partial charge < -0.3 is 9.52 Å². The monoisotopic (exact) mass is 195 g/mol. The molecule has 0 aliphatic heterocycles. The molecule has 0 unspecified atom stereocenters. The van der Waals surface area contributed by atoms with E-state index >= 15 is 0 Å². The first kappa shape index (κ1) is 8.00. The van der Waals surface area contributed by atoms with Gasteiger partial charge in [0.15, 0.2) is 5.69 Å². The number of nitrogens with zero attached hydrogens (tertiary/aromatic N) is 1. The Morgan fingerprint density at radius 3 is 3.00 bits per heavy atom. The first-order valence-corrected chi connectivity index (χ1v) is 4.38. The van der Waals surface area contributed by atoms with Crippen LogP contribution >= 0.6 is 11.3 Å². The average Bonchev–Trinajstić information content (AvgIpc) is 2.75. The Labute approximate surface area is 77.5 Å². The average molecular weight is 195 g/mol. The van der Waals surface area contributed by atoms with Crippen LogP contribution in [0.5, 0.6) is 0 Å². The van der Waals surface area contributed by atoms with Crippen LogP contribution in [-0.4, -0.2) is 16.1 Å². The van der Waals surface area contributed by atoms with Crippen LogP contribution in [0.2, 0.25) is 0 Å². The second-order valence-corrected chi connectivity index (χ2v) is 3.27. The largest absolute Gasteiger partial charge is 0.476 e. The van der Waals surface area contributed by atoms with E-state index in [0.717, 1.165) is 11.1 Å².